The van der Waals surface area contributed by atoms with E-state index in [1.807, 2.05) is 24.3 Å². The molecule has 1 aliphatic carbocycles. The van der Waals surface area contributed by atoms with Crippen LogP contribution in [0.1, 0.15) is 46.6 Å². The van der Waals surface area contributed by atoms with E-state index >= 15 is 0 Å². The summed E-state index contributed by atoms with van der Waals surface area (Å²) in [5.74, 6) is -0.0139. The first-order valence-electron chi connectivity index (χ1n) is 7.34. The molecule has 0 unspecified atom stereocenters. The van der Waals surface area contributed by atoms with E-state index in [4.69, 9.17) is 5.26 Å². The Labute approximate surface area is 142 Å². The third-order valence-corrected chi connectivity index (χ3v) is 5.17. The standard InChI is InChI=1S/C19H13BrN2O/c1-19(2)14-6-3-10(9-21)7-13(14)17(23)16-12-5-4-11(20)8-15(12)22-18(16)19/h3-8,22H,1-2H3. The maximum absolute atomic E-state index is 13.1. The number of fused-ring (bicyclic) bond motifs is 4. The topological polar surface area (TPSA) is 56.6 Å². The Hall–Kier alpha value is -2.38. The second kappa shape index (κ2) is 4.56. The highest BCUT2D eigenvalue weighted by Crippen LogP contribution is 2.44. The summed E-state index contributed by atoms with van der Waals surface area (Å²) in [5, 5.41) is 10.1. The second-order valence-electron chi connectivity index (χ2n) is 6.39. The SMILES string of the molecule is CC1(C)c2ccc(C#N)cc2C(=O)c2c1[nH]c1cc(Br)ccc21. The molecule has 4 rings (SSSR count). The van der Waals surface area contributed by atoms with E-state index in [1.54, 1.807) is 12.1 Å². The molecule has 0 fully saturated rings. The Kier molecular flexibility index (Phi) is 2.82. The van der Waals surface area contributed by atoms with E-state index in [0.717, 1.165) is 32.2 Å². The molecule has 3 nitrogen and oxygen atoms in total. The van der Waals surface area contributed by atoms with Gasteiger partial charge in [-0.25, -0.2) is 0 Å². The van der Waals surface area contributed by atoms with Gasteiger partial charge in [0.05, 0.1) is 17.2 Å². The zero-order chi connectivity index (χ0) is 16.4. The van der Waals surface area contributed by atoms with Crippen LogP contribution in [0.2, 0.25) is 0 Å². The van der Waals surface area contributed by atoms with Crippen molar-refractivity contribution in [1.29, 1.82) is 5.26 Å². The molecular formula is C19H13BrN2O. The summed E-state index contributed by atoms with van der Waals surface area (Å²) in [6.45, 7) is 4.21. The van der Waals surface area contributed by atoms with E-state index in [0.29, 0.717) is 11.1 Å². The lowest BCUT2D eigenvalue weighted by Crippen LogP contribution is -2.30. The Morgan fingerprint density at radius 3 is 2.70 bits per heavy atom. The van der Waals surface area contributed by atoms with Gasteiger partial charge in [0.15, 0.2) is 5.78 Å². The molecule has 0 saturated heterocycles. The number of aromatic amines is 1. The number of hydrogen-bond acceptors (Lipinski definition) is 2. The van der Waals surface area contributed by atoms with Crippen molar-refractivity contribution in [2.45, 2.75) is 19.3 Å². The third-order valence-electron chi connectivity index (χ3n) is 4.68. The maximum atomic E-state index is 13.1. The van der Waals surface area contributed by atoms with Crippen molar-refractivity contribution in [3.8, 4) is 6.07 Å². The molecule has 0 radical (unpaired) electrons. The van der Waals surface area contributed by atoms with Gasteiger partial charge in [0.25, 0.3) is 0 Å². The third kappa shape index (κ3) is 1.83. The summed E-state index contributed by atoms with van der Waals surface area (Å²) in [7, 11) is 0. The molecule has 3 aromatic rings. The molecule has 1 aliphatic rings. The van der Waals surface area contributed by atoms with Crippen molar-refractivity contribution in [1.82, 2.24) is 4.98 Å². The molecule has 4 heteroatoms. The van der Waals surface area contributed by atoms with Gasteiger partial charge in [0, 0.05) is 32.0 Å². The maximum Gasteiger partial charge on any atom is 0.195 e. The van der Waals surface area contributed by atoms with E-state index in [9.17, 15) is 4.79 Å². The average molecular weight is 365 g/mol. The van der Waals surface area contributed by atoms with Crippen LogP contribution in [0, 0.1) is 11.3 Å². The van der Waals surface area contributed by atoms with E-state index < -0.39 is 0 Å². The van der Waals surface area contributed by atoms with Crippen molar-refractivity contribution in [2.24, 2.45) is 0 Å². The smallest absolute Gasteiger partial charge is 0.195 e. The number of benzene rings is 2. The fraction of sp³-hybridized carbons (Fsp3) is 0.158. The summed E-state index contributed by atoms with van der Waals surface area (Å²) in [6.07, 6.45) is 0. The highest BCUT2D eigenvalue weighted by atomic mass is 79.9. The highest BCUT2D eigenvalue weighted by Gasteiger charge is 2.39. The number of nitriles is 1. The first-order valence-corrected chi connectivity index (χ1v) is 8.14. The number of rotatable bonds is 0. The molecule has 2 aromatic carbocycles. The Balaban J connectivity index is 2.10. The quantitative estimate of drug-likeness (QED) is 0.629. The van der Waals surface area contributed by atoms with Gasteiger partial charge in [-0.1, -0.05) is 41.9 Å². The summed E-state index contributed by atoms with van der Waals surface area (Å²) in [4.78, 5) is 16.5. The number of nitrogens with zero attached hydrogens (tertiary/aromatic N) is 1. The van der Waals surface area contributed by atoms with Crippen LogP contribution in [0.4, 0.5) is 0 Å². The average Bonchev–Trinajstić information content (AvgIpc) is 2.92. The molecule has 1 N–H and O–H groups in total. The summed E-state index contributed by atoms with van der Waals surface area (Å²) >= 11 is 3.48. The fourth-order valence-corrected chi connectivity index (χ4v) is 3.85. The number of ketones is 1. The summed E-state index contributed by atoms with van der Waals surface area (Å²) < 4.78 is 0.970. The zero-order valence-corrected chi connectivity index (χ0v) is 14.3. The number of carbonyl (C=O) groups excluding carboxylic acids is 1. The van der Waals surface area contributed by atoms with Crippen LogP contribution in [-0.2, 0) is 5.41 Å². The first-order chi connectivity index (χ1) is 10.9. The number of nitrogens with one attached hydrogen (secondary N) is 1. The molecule has 0 aliphatic heterocycles. The minimum absolute atomic E-state index is 0.0139. The minimum atomic E-state index is -0.321. The summed E-state index contributed by atoms with van der Waals surface area (Å²) in [6, 6.07) is 13.4. The highest BCUT2D eigenvalue weighted by molar-refractivity contribution is 9.10. The fourth-order valence-electron chi connectivity index (χ4n) is 3.49. The van der Waals surface area contributed by atoms with Gasteiger partial charge in [-0.3, -0.25) is 4.79 Å². The lowest BCUT2D eigenvalue weighted by atomic mass is 9.71. The molecular weight excluding hydrogens is 352 g/mol. The van der Waals surface area contributed by atoms with Crippen LogP contribution >= 0.6 is 15.9 Å². The predicted molar refractivity (Wildman–Crippen MR) is 92.7 cm³/mol. The van der Waals surface area contributed by atoms with Crippen LogP contribution in [0.15, 0.2) is 40.9 Å². The van der Waals surface area contributed by atoms with Gasteiger partial charge in [-0.05, 0) is 29.8 Å². The number of hydrogen-bond donors (Lipinski definition) is 1. The zero-order valence-electron chi connectivity index (χ0n) is 12.7. The number of H-pyrrole nitrogens is 1. The minimum Gasteiger partial charge on any atom is -0.357 e. The molecule has 1 aromatic heterocycles. The van der Waals surface area contributed by atoms with Crippen molar-refractivity contribution < 1.29 is 4.79 Å². The Morgan fingerprint density at radius 2 is 1.96 bits per heavy atom. The molecule has 23 heavy (non-hydrogen) atoms. The van der Waals surface area contributed by atoms with Gasteiger partial charge >= 0.3 is 0 Å². The lowest BCUT2D eigenvalue weighted by molar-refractivity contribution is 0.103. The van der Waals surface area contributed by atoms with E-state index in [2.05, 4.69) is 40.8 Å². The number of carbonyl (C=O) groups is 1. The van der Waals surface area contributed by atoms with Gasteiger partial charge in [0.1, 0.15) is 0 Å². The number of aromatic nitrogens is 1. The van der Waals surface area contributed by atoms with Crippen LogP contribution in [0.5, 0.6) is 0 Å². The van der Waals surface area contributed by atoms with Gasteiger partial charge in [-0.15, -0.1) is 0 Å². The Bertz CT molecular complexity index is 1040. The normalized spacial score (nSPS) is 15.1. The van der Waals surface area contributed by atoms with E-state index in [1.165, 1.54) is 0 Å². The second-order valence-corrected chi connectivity index (χ2v) is 7.31. The largest absolute Gasteiger partial charge is 0.357 e. The molecule has 0 spiro atoms. The Morgan fingerprint density at radius 1 is 1.17 bits per heavy atom. The van der Waals surface area contributed by atoms with Crippen LogP contribution in [0.25, 0.3) is 10.9 Å². The van der Waals surface area contributed by atoms with Crippen LogP contribution in [0.3, 0.4) is 0 Å². The molecule has 0 amide bonds. The van der Waals surface area contributed by atoms with Crippen molar-refractivity contribution in [2.75, 3.05) is 0 Å². The van der Waals surface area contributed by atoms with Gasteiger partial charge < -0.3 is 4.98 Å². The predicted octanol–water partition coefficient (Wildman–Crippen LogP) is 4.67. The molecule has 112 valence electrons. The molecule has 0 bridgehead atoms. The van der Waals surface area contributed by atoms with Crippen molar-refractivity contribution in [3.05, 3.63) is 68.8 Å². The van der Waals surface area contributed by atoms with Crippen LogP contribution in [-0.4, -0.2) is 10.8 Å². The first kappa shape index (κ1) is 14.2. The number of halogens is 1. The summed E-state index contributed by atoms with van der Waals surface area (Å²) in [5.41, 5.74) is 4.38. The molecule has 0 saturated carbocycles. The van der Waals surface area contributed by atoms with E-state index in [-0.39, 0.29) is 11.2 Å². The van der Waals surface area contributed by atoms with Gasteiger partial charge in [-0.2, -0.15) is 5.26 Å². The van der Waals surface area contributed by atoms with Crippen molar-refractivity contribution >= 4 is 32.6 Å². The molecule has 0 atom stereocenters. The molecule has 1 heterocycles. The monoisotopic (exact) mass is 364 g/mol. The lowest BCUT2D eigenvalue weighted by Gasteiger charge is -2.32. The van der Waals surface area contributed by atoms with Gasteiger partial charge in [0.2, 0.25) is 0 Å². The van der Waals surface area contributed by atoms with Crippen LogP contribution < -0.4 is 0 Å². The van der Waals surface area contributed by atoms with Crippen molar-refractivity contribution in [3.63, 3.8) is 0 Å².